The number of piperazine rings is 1. The van der Waals surface area contributed by atoms with Crippen LogP contribution in [0, 0.1) is 31.1 Å². The highest BCUT2D eigenvalue weighted by Crippen LogP contribution is 2.28. The highest BCUT2D eigenvalue weighted by molar-refractivity contribution is 5.78. The fourth-order valence-corrected chi connectivity index (χ4v) is 4.60. The van der Waals surface area contributed by atoms with Crippen molar-refractivity contribution in [3.05, 3.63) is 29.3 Å². The van der Waals surface area contributed by atoms with Crippen LogP contribution in [-0.4, -0.2) is 49.6 Å². The second-order valence-electron chi connectivity index (χ2n) is 8.46. The molecule has 5 heteroatoms. The molecule has 1 N–H and O–H groups in total. The van der Waals surface area contributed by atoms with Crippen molar-refractivity contribution in [3.63, 3.8) is 0 Å². The second-order valence-corrected chi connectivity index (χ2v) is 8.46. The van der Waals surface area contributed by atoms with Crippen molar-refractivity contribution < 1.29 is 4.79 Å². The van der Waals surface area contributed by atoms with Crippen molar-refractivity contribution in [3.8, 4) is 6.07 Å². The molecule has 0 atom stereocenters. The number of nitrogens with one attached hydrogen (secondary N) is 1. The summed E-state index contributed by atoms with van der Waals surface area (Å²) >= 11 is 0. The molecule has 0 aromatic heterocycles. The molecule has 28 heavy (non-hydrogen) atoms. The summed E-state index contributed by atoms with van der Waals surface area (Å²) in [5.41, 5.74) is 4.19. The number of hydrogen-bond donors (Lipinski definition) is 1. The number of nitriles is 1. The van der Waals surface area contributed by atoms with Gasteiger partial charge in [-0.05, 0) is 75.6 Å². The van der Waals surface area contributed by atoms with Crippen molar-refractivity contribution in [1.29, 1.82) is 5.26 Å². The molecule has 0 spiro atoms. The van der Waals surface area contributed by atoms with Gasteiger partial charge < -0.3 is 10.2 Å². The minimum Gasteiger partial charge on any atom is -0.369 e. The van der Waals surface area contributed by atoms with Crippen molar-refractivity contribution in [2.75, 3.05) is 37.6 Å². The molecule has 152 valence electrons. The lowest BCUT2D eigenvalue weighted by molar-refractivity contribution is -0.121. The van der Waals surface area contributed by atoms with Gasteiger partial charge in [-0.1, -0.05) is 12.1 Å². The minimum atomic E-state index is -0.118. The Morgan fingerprint density at radius 1 is 1.14 bits per heavy atom. The van der Waals surface area contributed by atoms with Gasteiger partial charge in [0.2, 0.25) is 5.91 Å². The Labute approximate surface area is 169 Å². The van der Waals surface area contributed by atoms with Crippen molar-refractivity contribution in [2.24, 2.45) is 5.92 Å². The number of nitrogens with zero attached hydrogens (tertiary/aromatic N) is 3. The Bertz CT molecular complexity index is 695. The molecule has 5 nitrogen and oxygen atoms in total. The Morgan fingerprint density at radius 3 is 2.54 bits per heavy atom. The predicted molar refractivity (Wildman–Crippen MR) is 113 cm³/mol. The maximum absolute atomic E-state index is 11.5. The van der Waals surface area contributed by atoms with Gasteiger partial charge in [-0.3, -0.25) is 9.69 Å². The van der Waals surface area contributed by atoms with E-state index in [1.807, 2.05) is 6.07 Å². The molecular formula is C23H34N4O. The number of hydrogen-bond acceptors (Lipinski definition) is 4. The van der Waals surface area contributed by atoms with Crippen LogP contribution < -0.4 is 10.2 Å². The summed E-state index contributed by atoms with van der Waals surface area (Å²) in [4.78, 5) is 16.7. The molecule has 1 amide bonds. The highest BCUT2D eigenvalue weighted by atomic mass is 16.1. The van der Waals surface area contributed by atoms with Gasteiger partial charge in [0.25, 0.3) is 0 Å². The zero-order chi connectivity index (χ0) is 19.9. The van der Waals surface area contributed by atoms with Crippen LogP contribution in [0.3, 0.4) is 0 Å². The van der Waals surface area contributed by atoms with E-state index in [1.165, 1.54) is 42.6 Å². The van der Waals surface area contributed by atoms with E-state index in [0.717, 1.165) is 44.9 Å². The Hall–Kier alpha value is -2.06. The first-order valence-electron chi connectivity index (χ1n) is 10.8. The van der Waals surface area contributed by atoms with Crippen molar-refractivity contribution >= 4 is 11.6 Å². The lowest BCUT2D eigenvalue weighted by Crippen LogP contribution is -2.47. The Morgan fingerprint density at radius 2 is 1.86 bits per heavy atom. The van der Waals surface area contributed by atoms with Crippen LogP contribution in [0.2, 0.25) is 0 Å². The molecule has 1 aliphatic heterocycles. The van der Waals surface area contributed by atoms with Crippen molar-refractivity contribution in [2.45, 2.75) is 58.4 Å². The molecule has 1 saturated carbocycles. The summed E-state index contributed by atoms with van der Waals surface area (Å²) in [7, 11) is 0. The van der Waals surface area contributed by atoms with Crippen molar-refractivity contribution in [1.82, 2.24) is 10.2 Å². The number of carbonyl (C=O) groups is 1. The van der Waals surface area contributed by atoms with Crippen LogP contribution in [0.15, 0.2) is 18.2 Å². The van der Waals surface area contributed by atoms with E-state index in [4.69, 9.17) is 5.26 Å². The minimum absolute atomic E-state index is 0.0199. The molecule has 0 unspecified atom stereocenters. The van der Waals surface area contributed by atoms with Gasteiger partial charge in [0.15, 0.2) is 0 Å². The second kappa shape index (κ2) is 9.93. The molecule has 1 aromatic carbocycles. The maximum Gasteiger partial charge on any atom is 0.234 e. The summed E-state index contributed by atoms with van der Waals surface area (Å²) in [5.74, 6) is 0.661. The first-order valence-corrected chi connectivity index (χ1v) is 10.8. The molecule has 3 rings (SSSR count). The summed E-state index contributed by atoms with van der Waals surface area (Å²) in [6, 6.07) is 8.82. The van der Waals surface area contributed by atoms with E-state index in [1.54, 1.807) is 0 Å². The summed E-state index contributed by atoms with van der Waals surface area (Å²) in [5, 5.41) is 11.6. The largest absolute Gasteiger partial charge is 0.369 e. The highest BCUT2D eigenvalue weighted by Gasteiger charge is 2.24. The average Bonchev–Trinajstić information content (AvgIpc) is 2.70. The predicted octanol–water partition coefficient (Wildman–Crippen LogP) is 3.40. The zero-order valence-corrected chi connectivity index (χ0v) is 17.4. The third-order valence-electron chi connectivity index (χ3n) is 6.59. The third kappa shape index (κ3) is 5.48. The van der Waals surface area contributed by atoms with Gasteiger partial charge in [0.05, 0.1) is 6.07 Å². The molecule has 1 aromatic rings. The van der Waals surface area contributed by atoms with E-state index in [9.17, 15) is 4.79 Å². The lowest BCUT2D eigenvalue weighted by Gasteiger charge is -2.38. The van der Waals surface area contributed by atoms with E-state index in [0.29, 0.717) is 0 Å². The number of rotatable bonds is 6. The number of aryl methyl sites for hydroxylation is 1. The van der Waals surface area contributed by atoms with E-state index in [-0.39, 0.29) is 18.4 Å². The van der Waals surface area contributed by atoms with Crippen LogP contribution >= 0.6 is 0 Å². The van der Waals surface area contributed by atoms with Gasteiger partial charge in [-0.25, -0.2) is 0 Å². The quantitative estimate of drug-likeness (QED) is 0.819. The smallest absolute Gasteiger partial charge is 0.234 e. The number of anilines is 1. The third-order valence-corrected chi connectivity index (χ3v) is 6.59. The molecule has 2 fully saturated rings. The average molecular weight is 383 g/mol. The maximum atomic E-state index is 11.5. The monoisotopic (exact) mass is 382 g/mol. The molecular weight excluding hydrogens is 348 g/mol. The fourth-order valence-electron chi connectivity index (χ4n) is 4.60. The molecule has 1 aliphatic carbocycles. The molecule has 2 aliphatic rings. The SMILES string of the molecule is Cc1cccc(N2CCN(CC[C@H]3CC[C@H](NC(=O)CC#N)CC3)CC2)c1C. The first-order chi connectivity index (χ1) is 13.6. The van der Waals surface area contributed by atoms with Gasteiger partial charge >= 0.3 is 0 Å². The first kappa shape index (κ1) is 20.7. The number of carbonyl (C=O) groups excluding carboxylic acids is 1. The Balaban J connectivity index is 1.36. The van der Waals surface area contributed by atoms with E-state index >= 15 is 0 Å². The standard InChI is InChI=1S/C23H34N4O/c1-18-4-3-5-22(19(18)2)27-16-14-26(15-17-27)13-11-20-6-8-21(9-7-20)25-23(28)10-12-24/h3-5,20-21H,6-11,13-17H2,1-2H3,(H,25,28)/t20-,21-. The zero-order valence-electron chi connectivity index (χ0n) is 17.4. The summed E-state index contributed by atoms with van der Waals surface area (Å²) in [6.07, 6.45) is 5.75. The van der Waals surface area contributed by atoms with Gasteiger partial charge in [-0.2, -0.15) is 5.26 Å². The number of amides is 1. The summed E-state index contributed by atoms with van der Waals surface area (Å²) in [6.45, 7) is 10.1. The molecule has 1 saturated heterocycles. The van der Waals surface area contributed by atoms with Crippen LogP contribution in [0.4, 0.5) is 5.69 Å². The number of benzene rings is 1. The molecule has 1 heterocycles. The van der Waals surface area contributed by atoms with Gasteiger partial charge in [-0.15, -0.1) is 0 Å². The fraction of sp³-hybridized carbons (Fsp3) is 0.652. The van der Waals surface area contributed by atoms with Crippen LogP contribution in [0.1, 0.15) is 49.7 Å². The molecule has 0 radical (unpaired) electrons. The summed E-state index contributed by atoms with van der Waals surface area (Å²) < 4.78 is 0. The molecule has 0 bridgehead atoms. The van der Waals surface area contributed by atoms with Crippen LogP contribution in [0.5, 0.6) is 0 Å². The van der Waals surface area contributed by atoms with Gasteiger partial charge in [0, 0.05) is 37.9 Å². The van der Waals surface area contributed by atoms with Crippen LogP contribution in [-0.2, 0) is 4.79 Å². The Kier molecular flexibility index (Phi) is 7.33. The van der Waals surface area contributed by atoms with E-state index < -0.39 is 0 Å². The van der Waals surface area contributed by atoms with Crippen LogP contribution in [0.25, 0.3) is 0 Å². The normalized spacial score (nSPS) is 23.2. The van der Waals surface area contributed by atoms with E-state index in [2.05, 4.69) is 47.2 Å². The topological polar surface area (TPSA) is 59.4 Å². The van der Waals surface area contributed by atoms with Gasteiger partial charge in [0.1, 0.15) is 6.42 Å². The lowest BCUT2D eigenvalue weighted by atomic mass is 9.84.